The number of likely N-dealkylation sites (N-methyl/N-ethyl adjacent to an activating group) is 1. The molecule has 0 fully saturated rings. The summed E-state index contributed by atoms with van der Waals surface area (Å²) in [6.07, 6.45) is 1.65. The number of phenolic OH excluding ortho intramolecular Hbond substituents is 1. The number of hydrogen-bond donors (Lipinski definition) is 3. The van der Waals surface area contributed by atoms with Gasteiger partial charge >= 0.3 is 6.09 Å². The minimum atomic E-state index is -0.976. The summed E-state index contributed by atoms with van der Waals surface area (Å²) in [6.45, 7) is 13.0. The molecule has 0 bridgehead atoms. The highest BCUT2D eigenvalue weighted by molar-refractivity contribution is 5.92. The van der Waals surface area contributed by atoms with Gasteiger partial charge in [0, 0.05) is 13.1 Å². The number of aromatic hydroxyl groups is 1. The van der Waals surface area contributed by atoms with Crippen LogP contribution in [0.15, 0.2) is 24.3 Å². The summed E-state index contributed by atoms with van der Waals surface area (Å²) in [5, 5.41) is 15.6. The number of nitrogens with one attached hydrogen (secondary N) is 2. The molecule has 0 aliphatic carbocycles. The Labute approximate surface area is 198 Å². The van der Waals surface area contributed by atoms with Crippen LogP contribution in [0.2, 0.25) is 0 Å². The van der Waals surface area contributed by atoms with Gasteiger partial charge in [0.05, 0.1) is 0 Å². The molecule has 186 valence electrons. The molecule has 0 aromatic heterocycles. The second kappa shape index (κ2) is 12.5. The standard InChI is InChI=1S/C25H41N3O5/c1-9-12-17(4)26-22(30)21(18-13-11-14-19(29)15-18)28(8)23(31)20(16(3)10-2)27-24(32)33-25(5,6)7/h11,13-17,20-21,29H,9-10,12H2,1-8H3,(H,26,30)(H,27,32). The van der Waals surface area contributed by atoms with Crippen LogP contribution < -0.4 is 10.6 Å². The van der Waals surface area contributed by atoms with Crippen LogP contribution in [0.4, 0.5) is 4.79 Å². The molecule has 0 heterocycles. The van der Waals surface area contributed by atoms with Crippen molar-refractivity contribution in [3.8, 4) is 5.75 Å². The van der Waals surface area contributed by atoms with E-state index in [0.29, 0.717) is 12.0 Å². The number of rotatable bonds is 10. The molecule has 33 heavy (non-hydrogen) atoms. The maximum absolute atomic E-state index is 13.6. The van der Waals surface area contributed by atoms with Crippen molar-refractivity contribution < 1.29 is 24.2 Å². The lowest BCUT2D eigenvalue weighted by Crippen LogP contribution is -2.54. The summed E-state index contributed by atoms with van der Waals surface area (Å²) < 4.78 is 5.35. The highest BCUT2D eigenvalue weighted by Crippen LogP contribution is 2.26. The SMILES string of the molecule is CCCC(C)NC(=O)C(c1cccc(O)c1)N(C)C(=O)C(NC(=O)OC(C)(C)C)C(C)CC. The fourth-order valence-corrected chi connectivity index (χ4v) is 3.54. The smallest absolute Gasteiger partial charge is 0.408 e. The zero-order chi connectivity index (χ0) is 25.3. The molecule has 0 aliphatic rings. The Morgan fingerprint density at radius 1 is 1.12 bits per heavy atom. The molecule has 1 aromatic carbocycles. The number of phenols is 1. The fraction of sp³-hybridized carbons (Fsp3) is 0.640. The van der Waals surface area contributed by atoms with E-state index in [1.807, 2.05) is 27.7 Å². The first-order valence-corrected chi connectivity index (χ1v) is 11.7. The van der Waals surface area contributed by atoms with Crippen LogP contribution in [-0.2, 0) is 14.3 Å². The Morgan fingerprint density at radius 2 is 1.76 bits per heavy atom. The average molecular weight is 464 g/mol. The molecule has 1 rings (SSSR count). The molecule has 3 amide bonds. The van der Waals surface area contributed by atoms with E-state index in [-0.39, 0.29) is 23.6 Å². The normalized spacial score (nSPS) is 15.0. The van der Waals surface area contributed by atoms with Gasteiger partial charge < -0.3 is 25.4 Å². The van der Waals surface area contributed by atoms with Gasteiger partial charge in [-0.25, -0.2) is 4.79 Å². The lowest BCUT2D eigenvalue weighted by molar-refractivity contribution is -0.142. The fourth-order valence-electron chi connectivity index (χ4n) is 3.54. The van der Waals surface area contributed by atoms with Crippen molar-refractivity contribution in [2.45, 2.75) is 91.5 Å². The predicted molar refractivity (Wildman–Crippen MR) is 129 cm³/mol. The van der Waals surface area contributed by atoms with E-state index >= 15 is 0 Å². The van der Waals surface area contributed by atoms with Crippen molar-refractivity contribution in [3.05, 3.63) is 29.8 Å². The third-order valence-corrected chi connectivity index (χ3v) is 5.43. The number of carbonyl (C=O) groups is 3. The summed E-state index contributed by atoms with van der Waals surface area (Å²) in [5.74, 6) is -0.961. The molecule has 0 saturated heterocycles. The monoisotopic (exact) mass is 463 g/mol. The average Bonchev–Trinajstić information content (AvgIpc) is 2.69. The lowest BCUT2D eigenvalue weighted by Gasteiger charge is -2.34. The van der Waals surface area contributed by atoms with Crippen LogP contribution in [0.5, 0.6) is 5.75 Å². The zero-order valence-corrected chi connectivity index (χ0v) is 21.3. The van der Waals surface area contributed by atoms with Crippen LogP contribution in [0.25, 0.3) is 0 Å². The Balaban J connectivity index is 3.27. The van der Waals surface area contributed by atoms with E-state index in [0.717, 1.165) is 12.8 Å². The molecular weight excluding hydrogens is 422 g/mol. The van der Waals surface area contributed by atoms with Crippen LogP contribution in [0.1, 0.15) is 79.3 Å². The van der Waals surface area contributed by atoms with Gasteiger partial charge in [-0.2, -0.15) is 0 Å². The number of nitrogens with zero attached hydrogens (tertiary/aromatic N) is 1. The topological polar surface area (TPSA) is 108 Å². The number of carbonyl (C=O) groups excluding carboxylic acids is 3. The van der Waals surface area contributed by atoms with E-state index in [9.17, 15) is 19.5 Å². The van der Waals surface area contributed by atoms with E-state index in [1.165, 1.54) is 24.1 Å². The van der Waals surface area contributed by atoms with E-state index < -0.39 is 29.7 Å². The molecular formula is C25H41N3O5. The van der Waals surface area contributed by atoms with E-state index in [1.54, 1.807) is 32.9 Å². The molecule has 8 nitrogen and oxygen atoms in total. The molecule has 3 N–H and O–H groups in total. The van der Waals surface area contributed by atoms with Gasteiger partial charge in [0.25, 0.3) is 0 Å². The number of amides is 3. The molecule has 0 saturated carbocycles. The minimum absolute atomic E-state index is 0.00175. The summed E-state index contributed by atoms with van der Waals surface area (Å²) in [5.41, 5.74) is -0.231. The van der Waals surface area contributed by atoms with E-state index in [2.05, 4.69) is 10.6 Å². The second-order valence-electron chi connectivity index (χ2n) is 9.65. The third-order valence-electron chi connectivity index (χ3n) is 5.43. The van der Waals surface area contributed by atoms with Gasteiger partial charge in [0.15, 0.2) is 0 Å². The van der Waals surface area contributed by atoms with Crippen molar-refractivity contribution in [2.75, 3.05) is 7.05 Å². The van der Waals surface area contributed by atoms with Crippen molar-refractivity contribution in [3.63, 3.8) is 0 Å². The molecule has 1 aromatic rings. The Hall–Kier alpha value is -2.77. The van der Waals surface area contributed by atoms with Crippen LogP contribution in [0.3, 0.4) is 0 Å². The number of hydrogen-bond acceptors (Lipinski definition) is 5. The quantitative estimate of drug-likeness (QED) is 0.483. The van der Waals surface area contributed by atoms with Gasteiger partial charge in [-0.3, -0.25) is 9.59 Å². The zero-order valence-electron chi connectivity index (χ0n) is 21.3. The van der Waals surface area contributed by atoms with Gasteiger partial charge in [0.1, 0.15) is 23.4 Å². The van der Waals surface area contributed by atoms with Gasteiger partial charge in [0.2, 0.25) is 11.8 Å². The largest absolute Gasteiger partial charge is 0.508 e. The number of benzene rings is 1. The van der Waals surface area contributed by atoms with Crippen molar-refractivity contribution >= 4 is 17.9 Å². The summed E-state index contributed by atoms with van der Waals surface area (Å²) in [4.78, 5) is 40.6. The Bertz CT molecular complexity index is 805. The summed E-state index contributed by atoms with van der Waals surface area (Å²) in [7, 11) is 1.53. The van der Waals surface area contributed by atoms with Crippen molar-refractivity contribution in [1.82, 2.24) is 15.5 Å². The van der Waals surface area contributed by atoms with Crippen molar-refractivity contribution in [1.29, 1.82) is 0 Å². The Kier molecular flexibility index (Phi) is 10.7. The maximum Gasteiger partial charge on any atom is 0.408 e. The first-order valence-electron chi connectivity index (χ1n) is 11.7. The van der Waals surface area contributed by atoms with Gasteiger partial charge in [-0.05, 0) is 57.7 Å². The minimum Gasteiger partial charge on any atom is -0.508 e. The van der Waals surface area contributed by atoms with E-state index in [4.69, 9.17) is 4.74 Å². The maximum atomic E-state index is 13.6. The van der Waals surface area contributed by atoms with Gasteiger partial charge in [-0.1, -0.05) is 45.7 Å². The van der Waals surface area contributed by atoms with Crippen LogP contribution >= 0.6 is 0 Å². The van der Waals surface area contributed by atoms with Gasteiger partial charge in [-0.15, -0.1) is 0 Å². The van der Waals surface area contributed by atoms with Crippen molar-refractivity contribution in [2.24, 2.45) is 5.92 Å². The first kappa shape index (κ1) is 28.3. The third kappa shape index (κ3) is 8.94. The molecule has 4 atom stereocenters. The molecule has 0 radical (unpaired) electrons. The molecule has 0 spiro atoms. The summed E-state index contributed by atoms with van der Waals surface area (Å²) >= 11 is 0. The number of alkyl carbamates (subject to hydrolysis) is 1. The molecule has 4 unspecified atom stereocenters. The van der Waals surface area contributed by atoms with Crippen LogP contribution in [-0.4, -0.2) is 52.6 Å². The Morgan fingerprint density at radius 3 is 2.27 bits per heavy atom. The second-order valence-corrected chi connectivity index (χ2v) is 9.65. The predicted octanol–water partition coefficient (Wildman–Crippen LogP) is 4.14. The first-order chi connectivity index (χ1) is 15.3. The molecule has 0 aliphatic heterocycles. The lowest BCUT2D eigenvalue weighted by atomic mass is 9.96. The highest BCUT2D eigenvalue weighted by atomic mass is 16.6. The highest BCUT2D eigenvalue weighted by Gasteiger charge is 2.36. The molecule has 8 heteroatoms. The summed E-state index contributed by atoms with van der Waals surface area (Å²) in [6, 6.07) is 4.37. The number of ether oxygens (including phenoxy) is 1. The van der Waals surface area contributed by atoms with Crippen LogP contribution in [0, 0.1) is 5.92 Å².